The maximum absolute atomic E-state index is 11.7. The Hall–Kier alpha value is -1.59. The van der Waals surface area contributed by atoms with Crippen LogP contribution in [0.5, 0.6) is 5.75 Å². The van der Waals surface area contributed by atoms with E-state index in [-0.39, 0.29) is 18.6 Å². The monoisotopic (exact) mass is 224 g/mol. The van der Waals surface area contributed by atoms with Crippen LogP contribution in [0, 0.1) is 0 Å². The molecule has 3 N–H and O–H groups in total. The minimum atomic E-state index is -0.177. The van der Waals surface area contributed by atoms with Gasteiger partial charge < -0.3 is 14.9 Å². The van der Waals surface area contributed by atoms with Crippen molar-refractivity contribution in [2.75, 3.05) is 13.7 Å². The summed E-state index contributed by atoms with van der Waals surface area (Å²) < 4.78 is 5.03. The van der Waals surface area contributed by atoms with E-state index in [1.54, 1.807) is 31.4 Å². The summed E-state index contributed by atoms with van der Waals surface area (Å²) in [6.07, 6.45) is 0. The van der Waals surface area contributed by atoms with Gasteiger partial charge in [-0.25, -0.2) is 5.90 Å². The summed E-state index contributed by atoms with van der Waals surface area (Å²) in [5.74, 6) is 5.39. The smallest absolute Gasteiger partial charge is 0.251 e. The van der Waals surface area contributed by atoms with Crippen molar-refractivity contribution in [1.29, 1.82) is 0 Å². The molecule has 0 radical (unpaired) electrons. The molecule has 1 amide bonds. The number of carbonyl (C=O) groups excluding carboxylic acids is 1. The third-order valence-electron chi connectivity index (χ3n) is 2.06. The van der Waals surface area contributed by atoms with Crippen molar-refractivity contribution in [3.8, 4) is 5.75 Å². The van der Waals surface area contributed by atoms with E-state index in [1.807, 2.05) is 6.92 Å². The van der Waals surface area contributed by atoms with E-state index in [1.165, 1.54) is 0 Å². The highest BCUT2D eigenvalue weighted by Gasteiger charge is 2.10. The minimum absolute atomic E-state index is 0.135. The molecule has 1 atom stereocenters. The molecule has 16 heavy (non-hydrogen) atoms. The van der Waals surface area contributed by atoms with Gasteiger partial charge in [0.15, 0.2) is 0 Å². The number of nitrogens with one attached hydrogen (secondary N) is 1. The summed E-state index contributed by atoms with van der Waals surface area (Å²) in [7, 11) is 1.56. The Kier molecular flexibility index (Phi) is 4.75. The normalized spacial score (nSPS) is 11.9. The zero-order chi connectivity index (χ0) is 12.0. The Morgan fingerprint density at radius 3 is 2.94 bits per heavy atom. The van der Waals surface area contributed by atoms with Crippen LogP contribution in [0.1, 0.15) is 17.3 Å². The molecule has 1 aromatic rings. The summed E-state index contributed by atoms with van der Waals surface area (Å²) in [5, 5.41) is 2.75. The highest BCUT2D eigenvalue weighted by molar-refractivity contribution is 5.94. The molecule has 0 aliphatic rings. The van der Waals surface area contributed by atoms with Crippen LogP contribution in [0.15, 0.2) is 24.3 Å². The van der Waals surface area contributed by atoms with E-state index in [4.69, 9.17) is 10.6 Å². The first-order chi connectivity index (χ1) is 7.67. The molecule has 0 aliphatic carbocycles. The predicted molar refractivity (Wildman–Crippen MR) is 60.1 cm³/mol. The molecule has 5 heteroatoms. The number of rotatable bonds is 5. The molecule has 88 valence electrons. The third kappa shape index (κ3) is 3.52. The Balaban J connectivity index is 2.65. The number of ether oxygens (including phenoxy) is 1. The van der Waals surface area contributed by atoms with Crippen LogP contribution in [-0.4, -0.2) is 25.7 Å². The second-order valence-electron chi connectivity index (χ2n) is 3.44. The number of carbonyl (C=O) groups is 1. The quantitative estimate of drug-likeness (QED) is 0.722. The molecule has 0 spiro atoms. The van der Waals surface area contributed by atoms with Crippen LogP contribution in [0.3, 0.4) is 0 Å². The van der Waals surface area contributed by atoms with E-state index in [0.717, 1.165) is 0 Å². The van der Waals surface area contributed by atoms with Crippen LogP contribution in [0.25, 0.3) is 0 Å². The van der Waals surface area contributed by atoms with Crippen LogP contribution in [0.4, 0.5) is 0 Å². The number of methoxy groups -OCH3 is 1. The van der Waals surface area contributed by atoms with Gasteiger partial charge in [-0.15, -0.1) is 0 Å². The molecule has 0 aromatic heterocycles. The number of nitrogens with two attached hydrogens (primary N) is 1. The van der Waals surface area contributed by atoms with E-state index < -0.39 is 0 Å². The second-order valence-corrected chi connectivity index (χ2v) is 3.44. The average molecular weight is 224 g/mol. The summed E-state index contributed by atoms with van der Waals surface area (Å²) in [6, 6.07) is 6.80. The molecule has 0 aliphatic heterocycles. The zero-order valence-corrected chi connectivity index (χ0v) is 9.40. The summed E-state index contributed by atoms with van der Waals surface area (Å²) in [4.78, 5) is 16.2. The Labute approximate surface area is 94.5 Å². The molecule has 0 bridgehead atoms. The minimum Gasteiger partial charge on any atom is -0.497 e. The highest BCUT2D eigenvalue weighted by Crippen LogP contribution is 2.12. The zero-order valence-electron chi connectivity index (χ0n) is 9.40. The Morgan fingerprint density at radius 1 is 1.56 bits per heavy atom. The Morgan fingerprint density at radius 2 is 2.31 bits per heavy atom. The molecule has 0 heterocycles. The number of hydrogen-bond donors (Lipinski definition) is 2. The number of hydrogen-bond acceptors (Lipinski definition) is 4. The lowest BCUT2D eigenvalue weighted by atomic mass is 10.2. The molecule has 1 unspecified atom stereocenters. The first-order valence-corrected chi connectivity index (χ1v) is 4.94. The molecular weight excluding hydrogens is 208 g/mol. The van der Waals surface area contributed by atoms with Crippen molar-refractivity contribution in [2.24, 2.45) is 5.90 Å². The fraction of sp³-hybridized carbons (Fsp3) is 0.364. The van der Waals surface area contributed by atoms with Crippen LogP contribution >= 0.6 is 0 Å². The van der Waals surface area contributed by atoms with Gasteiger partial charge in [-0.2, -0.15) is 0 Å². The van der Waals surface area contributed by atoms with E-state index in [0.29, 0.717) is 11.3 Å². The van der Waals surface area contributed by atoms with Gasteiger partial charge in [0.05, 0.1) is 19.8 Å². The molecule has 0 saturated heterocycles. The van der Waals surface area contributed by atoms with Gasteiger partial charge in [-0.05, 0) is 25.1 Å². The van der Waals surface area contributed by atoms with Gasteiger partial charge in [0, 0.05) is 5.56 Å². The summed E-state index contributed by atoms with van der Waals surface area (Å²) in [5.41, 5.74) is 0.545. The van der Waals surface area contributed by atoms with E-state index >= 15 is 0 Å². The fourth-order valence-electron chi connectivity index (χ4n) is 1.26. The van der Waals surface area contributed by atoms with Gasteiger partial charge >= 0.3 is 0 Å². The molecule has 1 aromatic carbocycles. The van der Waals surface area contributed by atoms with E-state index in [2.05, 4.69) is 10.2 Å². The maximum Gasteiger partial charge on any atom is 0.251 e. The van der Waals surface area contributed by atoms with Crippen LogP contribution in [0.2, 0.25) is 0 Å². The highest BCUT2D eigenvalue weighted by atomic mass is 16.6. The second kappa shape index (κ2) is 6.09. The predicted octanol–water partition coefficient (Wildman–Crippen LogP) is 0.704. The first kappa shape index (κ1) is 12.5. The van der Waals surface area contributed by atoms with E-state index in [9.17, 15) is 4.79 Å². The lowest BCUT2D eigenvalue weighted by Gasteiger charge is -2.12. The van der Waals surface area contributed by atoms with Gasteiger partial charge in [0.1, 0.15) is 5.75 Å². The third-order valence-corrected chi connectivity index (χ3v) is 2.06. The van der Waals surface area contributed by atoms with Gasteiger partial charge in [0.25, 0.3) is 5.91 Å². The molecule has 1 rings (SSSR count). The van der Waals surface area contributed by atoms with Crippen molar-refractivity contribution in [2.45, 2.75) is 13.0 Å². The lowest BCUT2D eigenvalue weighted by molar-refractivity contribution is 0.0857. The molecule has 0 fully saturated rings. The fourth-order valence-corrected chi connectivity index (χ4v) is 1.26. The Bertz CT molecular complexity index is 355. The van der Waals surface area contributed by atoms with Crippen molar-refractivity contribution in [3.63, 3.8) is 0 Å². The summed E-state index contributed by atoms with van der Waals surface area (Å²) in [6.45, 7) is 2.08. The topological polar surface area (TPSA) is 73.6 Å². The van der Waals surface area contributed by atoms with Gasteiger partial charge in [-0.3, -0.25) is 4.79 Å². The first-order valence-electron chi connectivity index (χ1n) is 4.94. The standard InChI is InChI=1S/C11H16N2O3/c1-8(7-16-12)13-11(14)9-4-3-5-10(6-9)15-2/h3-6,8H,7,12H2,1-2H3,(H,13,14). The van der Waals surface area contributed by atoms with Gasteiger partial charge in [0.2, 0.25) is 0 Å². The van der Waals surface area contributed by atoms with Crippen molar-refractivity contribution >= 4 is 5.91 Å². The molecule has 5 nitrogen and oxygen atoms in total. The molecular formula is C11H16N2O3. The lowest BCUT2D eigenvalue weighted by Crippen LogP contribution is -2.36. The van der Waals surface area contributed by atoms with Crippen molar-refractivity contribution in [1.82, 2.24) is 5.32 Å². The van der Waals surface area contributed by atoms with Crippen molar-refractivity contribution in [3.05, 3.63) is 29.8 Å². The maximum atomic E-state index is 11.7. The largest absolute Gasteiger partial charge is 0.497 e. The van der Waals surface area contributed by atoms with Crippen molar-refractivity contribution < 1.29 is 14.4 Å². The van der Waals surface area contributed by atoms with Crippen LogP contribution in [-0.2, 0) is 4.84 Å². The summed E-state index contributed by atoms with van der Waals surface area (Å²) >= 11 is 0. The SMILES string of the molecule is COc1cccc(C(=O)NC(C)CON)c1. The van der Waals surface area contributed by atoms with Gasteiger partial charge in [-0.1, -0.05) is 6.07 Å². The number of amides is 1. The van der Waals surface area contributed by atoms with Crippen LogP contribution < -0.4 is 16.0 Å². The number of benzene rings is 1. The average Bonchev–Trinajstić information content (AvgIpc) is 2.29. The molecule has 0 saturated carbocycles.